The van der Waals surface area contributed by atoms with E-state index in [0.717, 1.165) is 53.4 Å². The number of fused-ring (bicyclic) bond motifs is 2. The zero-order chi connectivity index (χ0) is 30.6. The number of nitrogens with one attached hydrogen (secondary N) is 2. The highest BCUT2D eigenvalue weighted by Gasteiger charge is 2.38. The van der Waals surface area contributed by atoms with E-state index in [1.807, 2.05) is 49.5 Å². The van der Waals surface area contributed by atoms with Crippen molar-refractivity contribution in [3.05, 3.63) is 72.6 Å². The molecular formula is C28H25F3N8O4. The van der Waals surface area contributed by atoms with Gasteiger partial charge in [0, 0.05) is 30.6 Å². The van der Waals surface area contributed by atoms with E-state index < -0.39 is 12.1 Å². The molecule has 0 aliphatic carbocycles. The number of aryl methyl sites for hydroxylation is 1. The molecule has 6 rings (SSSR count). The number of aromatic nitrogens is 6. The Kier molecular flexibility index (Phi) is 8.34. The highest BCUT2D eigenvalue weighted by molar-refractivity contribution is 5.90. The van der Waals surface area contributed by atoms with Crippen molar-refractivity contribution >= 4 is 39.7 Å². The first-order valence-electron chi connectivity index (χ1n) is 12.9. The third-order valence-electron chi connectivity index (χ3n) is 6.32. The summed E-state index contributed by atoms with van der Waals surface area (Å²) in [6, 6.07) is 11.5. The van der Waals surface area contributed by atoms with E-state index >= 15 is 0 Å². The summed E-state index contributed by atoms with van der Waals surface area (Å²) in [7, 11) is 1.66. The third kappa shape index (κ3) is 6.78. The Morgan fingerprint density at radius 2 is 1.91 bits per heavy atom. The Morgan fingerprint density at radius 3 is 2.60 bits per heavy atom. The van der Waals surface area contributed by atoms with Crippen LogP contribution < -0.4 is 20.1 Å². The number of rotatable bonds is 6. The van der Waals surface area contributed by atoms with Gasteiger partial charge in [-0.25, -0.2) is 29.2 Å². The second kappa shape index (κ2) is 12.3. The minimum Gasteiger partial charge on any atom is -0.494 e. The van der Waals surface area contributed by atoms with Crippen molar-refractivity contribution in [1.29, 1.82) is 0 Å². The Hall–Kier alpha value is -5.31. The molecule has 5 aromatic rings. The lowest BCUT2D eigenvalue weighted by Gasteiger charge is -2.17. The molecule has 0 fully saturated rings. The number of pyridine rings is 2. The van der Waals surface area contributed by atoms with Crippen LogP contribution in [-0.4, -0.2) is 67.0 Å². The Balaban J connectivity index is 0.000000472. The standard InChI is InChI=1S/C26H24N8O2.C2HF3O2/c1-16-11-18(3-4-21(16)36-19-7-10-34-23(12-19)29-15-31-34)32-26-25-20(28-14-30-26)13-22(35-2)24(33-25)17-5-8-27-9-6-17;3-2(4,5)1(6)7/h3-5,7,10-15,27H,6,8-9H2,1-2H3,(H,28,30,32);(H,6,7). The summed E-state index contributed by atoms with van der Waals surface area (Å²) in [6.07, 6.45) is 2.81. The van der Waals surface area contributed by atoms with Crippen LogP contribution in [0.1, 0.15) is 17.7 Å². The predicted octanol–water partition coefficient (Wildman–Crippen LogP) is 4.93. The number of alkyl halides is 3. The maximum Gasteiger partial charge on any atom is 0.490 e. The van der Waals surface area contributed by atoms with Crippen molar-refractivity contribution in [2.75, 3.05) is 25.5 Å². The molecule has 1 aliphatic rings. The minimum absolute atomic E-state index is 0.628. The number of carboxylic acids is 1. The topological polar surface area (TPSA) is 149 Å². The molecule has 0 unspecified atom stereocenters. The maximum absolute atomic E-state index is 10.6. The van der Waals surface area contributed by atoms with Crippen LogP contribution in [0, 0.1) is 6.92 Å². The molecule has 0 amide bonds. The summed E-state index contributed by atoms with van der Waals surface area (Å²) in [5.41, 5.74) is 5.94. The van der Waals surface area contributed by atoms with Gasteiger partial charge in [0.15, 0.2) is 11.5 Å². The fourth-order valence-corrected chi connectivity index (χ4v) is 4.25. The van der Waals surface area contributed by atoms with Crippen molar-refractivity contribution in [3.63, 3.8) is 0 Å². The van der Waals surface area contributed by atoms with Gasteiger partial charge in [0.25, 0.3) is 0 Å². The zero-order valence-corrected chi connectivity index (χ0v) is 22.9. The highest BCUT2D eigenvalue weighted by Crippen LogP contribution is 2.33. The molecule has 12 nitrogen and oxygen atoms in total. The van der Waals surface area contributed by atoms with Crippen LogP contribution >= 0.6 is 0 Å². The van der Waals surface area contributed by atoms with Crippen LogP contribution in [0.25, 0.3) is 22.3 Å². The van der Waals surface area contributed by atoms with Gasteiger partial charge in [-0.3, -0.25) is 0 Å². The average molecular weight is 595 g/mol. The van der Waals surface area contributed by atoms with Crippen molar-refractivity contribution in [2.24, 2.45) is 0 Å². The molecule has 1 aromatic carbocycles. The predicted molar refractivity (Wildman–Crippen MR) is 151 cm³/mol. The van der Waals surface area contributed by atoms with Gasteiger partial charge < -0.3 is 25.2 Å². The number of methoxy groups -OCH3 is 1. The van der Waals surface area contributed by atoms with Gasteiger partial charge in [0.2, 0.25) is 0 Å². The molecule has 15 heteroatoms. The van der Waals surface area contributed by atoms with Crippen LogP contribution in [0.15, 0.2) is 61.3 Å². The van der Waals surface area contributed by atoms with Crippen LogP contribution in [-0.2, 0) is 4.79 Å². The van der Waals surface area contributed by atoms with Crippen molar-refractivity contribution in [1.82, 2.24) is 34.9 Å². The number of hydrogen-bond acceptors (Lipinski definition) is 10. The molecule has 0 bridgehead atoms. The normalized spacial score (nSPS) is 13.2. The number of aliphatic carboxylic acids is 1. The molecular weight excluding hydrogens is 569 g/mol. The molecule has 0 saturated heterocycles. The van der Waals surface area contributed by atoms with Gasteiger partial charge in [-0.1, -0.05) is 6.08 Å². The lowest BCUT2D eigenvalue weighted by molar-refractivity contribution is -0.192. The number of anilines is 2. The van der Waals surface area contributed by atoms with Crippen LogP contribution in [0.4, 0.5) is 24.7 Å². The van der Waals surface area contributed by atoms with Crippen LogP contribution in [0.2, 0.25) is 0 Å². The molecule has 3 N–H and O–H groups in total. The SMILES string of the molecule is COc1cc2ncnc(Nc3ccc(Oc4ccn5ncnc5c4)c(C)c3)c2nc1C1=CCNCC1.O=C(O)C(F)(F)F. The largest absolute Gasteiger partial charge is 0.494 e. The number of hydrogen-bond donors (Lipinski definition) is 3. The van der Waals surface area contributed by atoms with E-state index in [4.69, 9.17) is 24.4 Å². The van der Waals surface area contributed by atoms with Crippen molar-refractivity contribution in [2.45, 2.75) is 19.5 Å². The molecule has 43 heavy (non-hydrogen) atoms. The first-order chi connectivity index (χ1) is 20.6. The van der Waals surface area contributed by atoms with Gasteiger partial charge in [0.1, 0.15) is 41.1 Å². The third-order valence-corrected chi connectivity index (χ3v) is 6.32. The van der Waals surface area contributed by atoms with Crippen molar-refractivity contribution < 1.29 is 32.5 Å². The average Bonchev–Trinajstić information content (AvgIpc) is 3.46. The summed E-state index contributed by atoms with van der Waals surface area (Å²) < 4.78 is 45.2. The summed E-state index contributed by atoms with van der Waals surface area (Å²) in [5.74, 6) is 0.0252. The Morgan fingerprint density at radius 1 is 1.09 bits per heavy atom. The maximum atomic E-state index is 10.6. The molecule has 0 saturated carbocycles. The van der Waals surface area contributed by atoms with E-state index in [2.05, 4.69) is 36.8 Å². The van der Waals surface area contributed by atoms with Crippen molar-refractivity contribution in [3.8, 4) is 17.2 Å². The number of nitrogens with zero attached hydrogens (tertiary/aromatic N) is 6. The summed E-state index contributed by atoms with van der Waals surface area (Å²) in [6.45, 7) is 3.72. The molecule has 0 atom stereocenters. The second-order valence-electron chi connectivity index (χ2n) is 9.25. The number of carbonyl (C=O) groups is 1. The van der Waals surface area contributed by atoms with Gasteiger partial charge in [0.05, 0.1) is 12.6 Å². The first-order valence-corrected chi connectivity index (χ1v) is 12.9. The van der Waals surface area contributed by atoms with Gasteiger partial charge in [-0.05, 0) is 55.3 Å². The van der Waals surface area contributed by atoms with Gasteiger partial charge >= 0.3 is 12.1 Å². The van der Waals surface area contributed by atoms with E-state index in [0.29, 0.717) is 28.4 Å². The smallest absolute Gasteiger partial charge is 0.490 e. The molecule has 1 aliphatic heterocycles. The zero-order valence-electron chi connectivity index (χ0n) is 22.9. The fourth-order valence-electron chi connectivity index (χ4n) is 4.25. The number of ether oxygens (including phenoxy) is 2. The van der Waals surface area contributed by atoms with E-state index in [9.17, 15) is 13.2 Å². The first kappa shape index (κ1) is 29.2. The number of carboxylic acid groups (broad SMARTS) is 1. The summed E-state index contributed by atoms with van der Waals surface area (Å²) in [5, 5.41) is 18.0. The van der Waals surface area contributed by atoms with E-state index in [-0.39, 0.29) is 0 Å². The fraction of sp³-hybridized carbons (Fsp3) is 0.214. The quantitative estimate of drug-likeness (QED) is 0.246. The molecule has 0 radical (unpaired) electrons. The van der Waals surface area contributed by atoms with Crippen LogP contribution in [0.5, 0.6) is 17.2 Å². The van der Waals surface area contributed by atoms with Gasteiger partial charge in [-0.15, -0.1) is 0 Å². The van der Waals surface area contributed by atoms with E-state index in [1.165, 1.54) is 12.7 Å². The lowest BCUT2D eigenvalue weighted by Crippen LogP contribution is -2.21. The Bertz CT molecular complexity index is 1820. The molecule has 5 heterocycles. The summed E-state index contributed by atoms with van der Waals surface area (Å²) in [4.78, 5) is 26.9. The second-order valence-corrected chi connectivity index (χ2v) is 9.25. The number of halogens is 3. The van der Waals surface area contributed by atoms with Crippen LogP contribution in [0.3, 0.4) is 0 Å². The lowest BCUT2D eigenvalue weighted by atomic mass is 10.0. The molecule has 222 valence electrons. The van der Waals surface area contributed by atoms with Gasteiger partial charge in [-0.2, -0.15) is 18.3 Å². The monoisotopic (exact) mass is 594 g/mol. The highest BCUT2D eigenvalue weighted by atomic mass is 19.4. The number of benzene rings is 1. The molecule has 0 spiro atoms. The van der Waals surface area contributed by atoms with E-state index in [1.54, 1.807) is 11.6 Å². The summed E-state index contributed by atoms with van der Waals surface area (Å²) >= 11 is 0. The molecule has 4 aromatic heterocycles. The Labute approximate surface area is 242 Å². The minimum atomic E-state index is -5.08.